The highest BCUT2D eigenvalue weighted by Crippen LogP contribution is 2.16. The third kappa shape index (κ3) is 6.44. The van der Waals surface area contributed by atoms with E-state index in [1.54, 1.807) is 12.4 Å². The highest BCUT2D eigenvalue weighted by molar-refractivity contribution is 5.91. The molecule has 1 aliphatic rings. The second kappa shape index (κ2) is 11.7. The predicted octanol–water partition coefficient (Wildman–Crippen LogP) is 1.67. The SMILES string of the molecule is Cl.Cl.O=C(NCCCNc1ccccn1)c1cn(C2CCNCC2)nn1. The van der Waals surface area contributed by atoms with Gasteiger partial charge in [-0.05, 0) is 44.5 Å². The first-order chi connectivity index (χ1) is 11.8. The van der Waals surface area contributed by atoms with E-state index < -0.39 is 0 Å². The monoisotopic (exact) mass is 401 g/mol. The lowest BCUT2D eigenvalue weighted by molar-refractivity contribution is 0.0948. The Labute approximate surface area is 165 Å². The van der Waals surface area contributed by atoms with E-state index in [1.807, 2.05) is 22.9 Å². The highest BCUT2D eigenvalue weighted by atomic mass is 35.5. The van der Waals surface area contributed by atoms with Gasteiger partial charge in [-0.1, -0.05) is 11.3 Å². The average molecular weight is 402 g/mol. The van der Waals surface area contributed by atoms with Crippen LogP contribution >= 0.6 is 24.8 Å². The van der Waals surface area contributed by atoms with E-state index in [4.69, 9.17) is 0 Å². The molecule has 3 rings (SSSR count). The minimum atomic E-state index is -0.173. The van der Waals surface area contributed by atoms with Crippen molar-refractivity contribution in [1.82, 2.24) is 30.6 Å². The molecule has 1 fully saturated rings. The molecule has 0 atom stereocenters. The van der Waals surface area contributed by atoms with Gasteiger partial charge in [-0.15, -0.1) is 29.9 Å². The van der Waals surface area contributed by atoms with Crippen LogP contribution in [-0.2, 0) is 0 Å². The Hall–Kier alpha value is -1.90. The van der Waals surface area contributed by atoms with Crippen LogP contribution in [0.5, 0.6) is 0 Å². The van der Waals surface area contributed by atoms with Gasteiger partial charge in [0.1, 0.15) is 5.82 Å². The van der Waals surface area contributed by atoms with Crippen molar-refractivity contribution in [2.45, 2.75) is 25.3 Å². The molecule has 1 aliphatic heterocycles. The number of carbonyl (C=O) groups is 1. The number of hydrogen-bond acceptors (Lipinski definition) is 6. The molecule has 0 unspecified atom stereocenters. The summed E-state index contributed by atoms with van der Waals surface area (Å²) in [5.41, 5.74) is 0.381. The van der Waals surface area contributed by atoms with Gasteiger partial charge in [-0.3, -0.25) is 4.79 Å². The predicted molar refractivity (Wildman–Crippen MR) is 105 cm³/mol. The van der Waals surface area contributed by atoms with E-state index in [0.717, 1.165) is 44.7 Å². The van der Waals surface area contributed by atoms with E-state index >= 15 is 0 Å². The Morgan fingerprint density at radius 2 is 2.04 bits per heavy atom. The van der Waals surface area contributed by atoms with Crippen LogP contribution in [0, 0.1) is 0 Å². The molecule has 2 aromatic heterocycles. The summed E-state index contributed by atoms with van der Waals surface area (Å²) in [4.78, 5) is 16.3. The summed E-state index contributed by atoms with van der Waals surface area (Å²) in [6.07, 6.45) is 6.34. The van der Waals surface area contributed by atoms with Gasteiger partial charge in [-0.25, -0.2) is 9.67 Å². The van der Waals surface area contributed by atoms with Crippen LogP contribution in [0.25, 0.3) is 0 Å². The van der Waals surface area contributed by atoms with Gasteiger partial charge in [0, 0.05) is 19.3 Å². The third-order valence-electron chi connectivity index (χ3n) is 4.04. The minimum Gasteiger partial charge on any atom is -0.370 e. The number of amides is 1. The third-order valence-corrected chi connectivity index (χ3v) is 4.04. The number of halogens is 2. The van der Waals surface area contributed by atoms with Gasteiger partial charge in [0.15, 0.2) is 5.69 Å². The van der Waals surface area contributed by atoms with Gasteiger partial charge in [-0.2, -0.15) is 0 Å². The van der Waals surface area contributed by atoms with E-state index in [1.165, 1.54) is 0 Å². The lowest BCUT2D eigenvalue weighted by Gasteiger charge is -2.22. The number of piperidine rings is 1. The van der Waals surface area contributed by atoms with Gasteiger partial charge in [0.25, 0.3) is 5.91 Å². The highest BCUT2D eigenvalue weighted by Gasteiger charge is 2.18. The summed E-state index contributed by atoms with van der Waals surface area (Å²) >= 11 is 0. The molecule has 0 radical (unpaired) electrons. The molecule has 0 saturated carbocycles. The molecule has 26 heavy (non-hydrogen) atoms. The first-order valence-corrected chi connectivity index (χ1v) is 8.38. The Morgan fingerprint density at radius 3 is 2.77 bits per heavy atom. The van der Waals surface area contributed by atoms with Crippen LogP contribution in [0.4, 0.5) is 5.82 Å². The summed E-state index contributed by atoms with van der Waals surface area (Å²) in [7, 11) is 0. The number of nitrogens with one attached hydrogen (secondary N) is 3. The van der Waals surface area contributed by atoms with Crippen LogP contribution in [0.3, 0.4) is 0 Å². The molecule has 0 aliphatic carbocycles. The number of hydrogen-bond donors (Lipinski definition) is 3. The lowest BCUT2D eigenvalue weighted by Crippen LogP contribution is -2.29. The molecular formula is C16H25Cl2N7O. The molecule has 0 aromatic carbocycles. The number of aromatic nitrogens is 4. The van der Waals surface area contributed by atoms with E-state index in [0.29, 0.717) is 18.3 Å². The van der Waals surface area contributed by atoms with Gasteiger partial charge in [0.2, 0.25) is 0 Å². The maximum absolute atomic E-state index is 12.1. The van der Waals surface area contributed by atoms with Crippen LogP contribution in [0.15, 0.2) is 30.6 Å². The topological polar surface area (TPSA) is 96.8 Å². The number of nitrogens with zero attached hydrogens (tertiary/aromatic N) is 4. The second-order valence-electron chi connectivity index (χ2n) is 5.82. The summed E-state index contributed by atoms with van der Waals surface area (Å²) in [5.74, 6) is 0.668. The van der Waals surface area contributed by atoms with Crippen LogP contribution < -0.4 is 16.0 Å². The Bertz CT molecular complexity index is 647. The first kappa shape index (κ1) is 22.1. The van der Waals surface area contributed by atoms with Crippen molar-refractivity contribution in [1.29, 1.82) is 0 Å². The summed E-state index contributed by atoms with van der Waals surface area (Å²) in [6.45, 7) is 3.29. The standard InChI is InChI=1S/C16H23N7O.2ClH/c24-16(20-9-3-8-19-15-4-1-2-7-18-15)14-12-23(22-21-14)13-5-10-17-11-6-13;;/h1-2,4,7,12-13,17H,3,5-6,8-11H2,(H,18,19)(H,20,24);2*1H. The fourth-order valence-electron chi connectivity index (χ4n) is 2.70. The quantitative estimate of drug-likeness (QED) is 0.610. The van der Waals surface area contributed by atoms with Crippen molar-refractivity contribution < 1.29 is 4.79 Å². The van der Waals surface area contributed by atoms with E-state index in [-0.39, 0.29) is 30.7 Å². The number of carbonyl (C=O) groups excluding carboxylic acids is 1. The lowest BCUT2D eigenvalue weighted by atomic mass is 10.1. The van der Waals surface area contributed by atoms with Gasteiger partial charge >= 0.3 is 0 Å². The number of rotatable bonds is 7. The molecule has 2 aromatic rings. The molecule has 8 nitrogen and oxygen atoms in total. The summed E-state index contributed by atoms with van der Waals surface area (Å²) < 4.78 is 1.82. The molecule has 10 heteroatoms. The van der Waals surface area contributed by atoms with Crippen molar-refractivity contribution in [2.24, 2.45) is 0 Å². The second-order valence-corrected chi connectivity index (χ2v) is 5.82. The van der Waals surface area contributed by atoms with Crippen LogP contribution in [0.2, 0.25) is 0 Å². The summed E-state index contributed by atoms with van der Waals surface area (Å²) in [5, 5.41) is 17.5. The number of anilines is 1. The van der Waals surface area contributed by atoms with Crippen molar-refractivity contribution in [3.8, 4) is 0 Å². The molecule has 1 saturated heterocycles. The van der Waals surface area contributed by atoms with Crippen molar-refractivity contribution in [2.75, 3.05) is 31.5 Å². The van der Waals surface area contributed by atoms with Crippen molar-refractivity contribution in [3.63, 3.8) is 0 Å². The molecule has 0 spiro atoms. The molecule has 1 amide bonds. The summed E-state index contributed by atoms with van der Waals surface area (Å²) in [6, 6.07) is 6.06. The zero-order chi connectivity index (χ0) is 16.6. The van der Waals surface area contributed by atoms with Crippen LogP contribution in [0.1, 0.15) is 35.8 Å². The van der Waals surface area contributed by atoms with E-state index in [2.05, 4.69) is 31.2 Å². The fourth-order valence-corrected chi connectivity index (χ4v) is 2.70. The average Bonchev–Trinajstić information content (AvgIpc) is 3.13. The fraction of sp³-hybridized carbons (Fsp3) is 0.500. The zero-order valence-electron chi connectivity index (χ0n) is 14.4. The Kier molecular flexibility index (Phi) is 9.93. The molecule has 0 bridgehead atoms. The van der Waals surface area contributed by atoms with Gasteiger partial charge in [0.05, 0.1) is 12.2 Å². The van der Waals surface area contributed by atoms with Crippen molar-refractivity contribution >= 4 is 36.5 Å². The zero-order valence-corrected chi connectivity index (χ0v) is 16.1. The van der Waals surface area contributed by atoms with Crippen LogP contribution in [-0.4, -0.2) is 52.1 Å². The smallest absolute Gasteiger partial charge is 0.273 e. The molecule has 3 N–H and O–H groups in total. The molecule has 3 heterocycles. The van der Waals surface area contributed by atoms with Gasteiger partial charge < -0.3 is 16.0 Å². The molecular weight excluding hydrogens is 377 g/mol. The Morgan fingerprint density at radius 1 is 1.23 bits per heavy atom. The maximum Gasteiger partial charge on any atom is 0.273 e. The molecule has 144 valence electrons. The minimum absolute atomic E-state index is 0. The van der Waals surface area contributed by atoms with Crippen molar-refractivity contribution in [3.05, 3.63) is 36.3 Å². The largest absolute Gasteiger partial charge is 0.370 e. The number of pyridine rings is 1. The Balaban J connectivity index is 0.00000169. The first-order valence-electron chi connectivity index (χ1n) is 8.38. The van der Waals surface area contributed by atoms with E-state index in [9.17, 15) is 4.79 Å². The maximum atomic E-state index is 12.1. The normalized spacial score (nSPS) is 14.0.